The van der Waals surface area contributed by atoms with Crippen LogP contribution in [0.25, 0.3) is 11.4 Å². The molecular weight excluding hydrogens is 274 g/mol. The van der Waals surface area contributed by atoms with Gasteiger partial charge in [0.15, 0.2) is 0 Å². The van der Waals surface area contributed by atoms with Gasteiger partial charge in [-0.1, -0.05) is 47.1 Å². The highest BCUT2D eigenvalue weighted by atomic mass is 35.5. The van der Waals surface area contributed by atoms with Gasteiger partial charge in [0, 0.05) is 16.3 Å². The van der Waals surface area contributed by atoms with Crippen molar-refractivity contribution < 1.29 is 4.52 Å². The Morgan fingerprint density at radius 3 is 2.70 bits per heavy atom. The Bertz CT molecular complexity index is 697. The van der Waals surface area contributed by atoms with Crippen LogP contribution in [-0.4, -0.2) is 10.1 Å². The van der Waals surface area contributed by atoms with Gasteiger partial charge in [-0.2, -0.15) is 4.98 Å². The van der Waals surface area contributed by atoms with Gasteiger partial charge < -0.3 is 9.84 Å². The first kappa shape index (κ1) is 12.7. The molecule has 1 aromatic heterocycles. The lowest BCUT2D eigenvalue weighted by molar-refractivity contribution is 0.384. The number of aromatic nitrogens is 2. The van der Waals surface area contributed by atoms with Crippen molar-refractivity contribution in [2.75, 3.05) is 5.32 Å². The van der Waals surface area contributed by atoms with Crippen LogP contribution in [0.4, 0.5) is 5.69 Å². The molecule has 0 radical (unpaired) electrons. The Hall–Kier alpha value is -2.33. The quantitative estimate of drug-likeness (QED) is 0.787. The van der Waals surface area contributed by atoms with Crippen molar-refractivity contribution in [3.8, 4) is 11.4 Å². The van der Waals surface area contributed by atoms with E-state index in [0.717, 1.165) is 11.3 Å². The van der Waals surface area contributed by atoms with Gasteiger partial charge >= 0.3 is 0 Å². The van der Waals surface area contributed by atoms with Gasteiger partial charge in [-0.05, 0) is 24.3 Å². The van der Waals surface area contributed by atoms with E-state index in [0.29, 0.717) is 23.3 Å². The Morgan fingerprint density at radius 1 is 1.05 bits per heavy atom. The van der Waals surface area contributed by atoms with Crippen LogP contribution in [0.3, 0.4) is 0 Å². The zero-order chi connectivity index (χ0) is 13.8. The van der Waals surface area contributed by atoms with E-state index in [2.05, 4.69) is 15.5 Å². The molecule has 0 fully saturated rings. The van der Waals surface area contributed by atoms with Crippen molar-refractivity contribution >= 4 is 17.3 Å². The van der Waals surface area contributed by atoms with E-state index in [9.17, 15) is 0 Å². The molecule has 0 aliphatic rings. The number of halogens is 1. The van der Waals surface area contributed by atoms with E-state index in [-0.39, 0.29) is 0 Å². The lowest BCUT2D eigenvalue weighted by Gasteiger charge is -2.01. The van der Waals surface area contributed by atoms with E-state index in [1.165, 1.54) is 0 Å². The molecule has 0 atom stereocenters. The molecule has 5 heteroatoms. The second-order valence-corrected chi connectivity index (χ2v) is 4.68. The highest BCUT2D eigenvalue weighted by Gasteiger charge is 2.08. The molecular formula is C15H12ClN3O. The van der Waals surface area contributed by atoms with Gasteiger partial charge in [-0.15, -0.1) is 0 Å². The zero-order valence-electron chi connectivity index (χ0n) is 10.6. The molecule has 0 amide bonds. The largest absolute Gasteiger partial charge is 0.376 e. The van der Waals surface area contributed by atoms with Crippen molar-refractivity contribution in [2.24, 2.45) is 0 Å². The summed E-state index contributed by atoms with van der Waals surface area (Å²) in [6, 6.07) is 17.2. The van der Waals surface area contributed by atoms with Crippen LogP contribution < -0.4 is 5.32 Å². The molecule has 1 heterocycles. The maximum atomic E-state index is 5.94. The average Bonchev–Trinajstić information content (AvgIpc) is 2.95. The van der Waals surface area contributed by atoms with E-state index < -0.39 is 0 Å². The fourth-order valence-electron chi connectivity index (χ4n) is 1.81. The summed E-state index contributed by atoms with van der Waals surface area (Å²) in [5, 5.41) is 7.82. The first-order chi connectivity index (χ1) is 9.81. The number of anilines is 1. The van der Waals surface area contributed by atoms with Gasteiger partial charge in [0.2, 0.25) is 11.7 Å². The number of rotatable bonds is 4. The highest BCUT2D eigenvalue weighted by Crippen LogP contribution is 2.20. The Labute approximate surface area is 121 Å². The molecule has 100 valence electrons. The standard InChI is InChI=1S/C15H12ClN3O/c16-12-6-4-5-11(9-12)15-18-14(20-19-15)10-17-13-7-2-1-3-8-13/h1-9,17H,10H2. The number of nitrogens with one attached hydrogen (secondary N) is 1. The molecule has 20 heavy (non-hydrogen) atoms. The first-order valence-corrected chi connectivity index (χ1v) is 6.56. The number of hydrogen-bond acceptors (Lipinski definition) is 4. The third-order valence-corrected chi connectivity index (χ3v) is 3.00. The van der Waals surface area contributed by atoms with Crippen LogP contribution >= 0.6 is 11.6 Å². The number of hydrogen-bond donors (Lipinski definition) is 1. The SMILES string of the molecule is Clc1cccc(-c2noc(CNc3ccccc3)n2)c1. The van der Waals surface area contributed by atoms with Gasteiger partial charge in [-0.3, -0.25) is 0 Å². The number of para-hydroxylation sites is 1. The molecule has 4 nitrogen and oxygen atoms in total. The Kier molecular flexibility index (Phi) is 3.65. The van der Waals surface area contributed by atoms with E-state index in [4.69, 9.17) is 16.1 Å². The topological polar surface area (TPSA) is 51.0 Å². The summed E-state index contributed by atoms with van der Waals surface area (Å²) < 4.78 is 5.21. The molecule has 3 rings (SSSR count). The Balaban J connectivity index is 1.71. The lowest BCUT2D eigenvalue weighted by Crippen LogP contribution is -1.99. The minimum Gasteiger partial charge on any atom is -0.376 e. The van der Waals surface area contributed by atoms with Crippen LogP contribution in [0.1, 0.15) is 5.89 Å². The van der Waals surface area contributed by atoms with Crippen LogP contribution in [0.2, 0.25) is 5.02 Å². The van der Waals surface area contributed by atoms with Crippen molar-refractivity contribution in [3.63, 3.8) is 0 Å². The fraction of sp³-hybridized carbons (Fsp3) is 0.0667. The van der Waals surface area contributed by atoms with Crippen LogP contribution in [0.5, 0.6) is 0 Å². The molecule has 0 bridgehead atoms. The number of nitrogens with zero attached hydrogens (tertiary/aromatic N) is 2. The summed E-state index contributed by atoms with van der Waals surface area (Å²) in [6.45, 7) is 0.484. The predicted octanol–water partition coefficient (Wildman–Crippen LogP) is 4.00. The first-order valence-electron chi connectivity index (χ1n) is 6.19. The molecule has 0 saturated heterocycles. The smallest absolute Gasteiger partial charge is 0.246 e. The zero-order valence-corrected chi connectivity index (χ0v) is 11.3. The maximum Gasteiger partial charge on any atom is 0.246 e. The molecule has 1 N–H and O–H groups in total. The van der Waals surface area contributed by atoms with Gasteiger partial charge in [0.1, 0.15) is 0 Å². The summed E-state index contributed by atoms with van der Waals surface area (Å²) in [5.41, 5.74) is 1.85. The van der Waals surface area contributed by atoms with Crippen molar-refractivity contribution in [1.82, 2.24) is 10.1 Å². The van der Waals surface area contributed by atoms with Crippen LogP contribution in [-0.2, 0) is 6.54 Å². The second-order valence-electron chi connectivity index (χ2n) is 4.24. The molecule has 2 aromatic carbocycles. The summed E-state index contributed by atoms with van der Waals surface area (Å²) in [5.74, 6) is 1.07. The fourth-order valence-corrected chi connectivity index (χ4v) is 2.00. The minimum absolute atomic E-state index is 0.484. The highest BCUT2D eigenvalue weighted by molar-refractivity contribution is 6.30. The van der Waals surface area contributed by atoms with Crippen LogP contribution in [0, 0.1) is 0 Å². The van der Waals surface area contributed by atoms with Gasteiger partial charge in [0.05, 0.1) is 6.54 Å². The third kappa shape index (κ3) is 2.97. The molecule has 0 aliphatic heterocycles. The van der Waals surface area contributed by atoms with Crippen molar-refractivity contribution in [2.45, 2.75) is 6.54 Å². The monoisotopic (exact) mass is 285 g/mol. The number of benzene rings is 2. The van der Waals surface area contributed by atoms with E-state index in [1.807, 2.05) is 48.5 Å². The third-order valence-electron chi connectivity index (χ3n) is 2.77. The van der Waals surface area contributed by atoms with Crippen molar-refractivity contribution in [1.29, 1.82) is 0 Å². The molecule has 3 aromatic rings. The van der Waals surface area contributed by atoms with Crippen LogP contribution in [0.15, 0.2) is 59.1 Å². The average molecular weight is 286 g/mol. The summed E-state index contributed by atoms with van der Waals surface area (Å²) in [7, 11) is 0. The lowest BCUT2D eigenvalue weighted by atomic mass is 10.2. The Morgan fingerprint density at radius 2 is 1.90 bits per heavy atom. The van der Waals surface area contributed by atoms with Gasteiger partial charge in [0.25, 0.3) is 0 Å². The summed E-state index contributed by atoms with van der Waals surface area (Å²) in [4.78, 5) is 4.34. The predicted molar refractivity (Wildman–Crippen MR) is 78.5 cm³/mol. The normalized spacial score (nSPS) is 10.4. The molecule has 0 spiro atoms. The van der Waals surface area contributed by atoms with E-state index >= 15 is 0 Å². The minimum atomic E-state index is 0.484. The van der Waals surface area contributed by atoms with Gasteiger partial charge in [-0.25, -0.2) is 0 Å². The molecule has 0 saturated carbocycles. The maximum absolute atomic E-state index is 5.94. The van der Waals surface area contributed by atoms with Crippen molar-refractivity contribution in [3.05, 3.63) is 65.5 Å². The molecule has 0 aliphatic carbocycles. The summed E-state index contributed by atoms with van der Waals surface area (Å²) in [6.07, 6.45) is 0. The summed E-state index contributed by atoms with van der Waals surface area (Å²) >= 11 is 5.94. The second kappa shape index (κ2) is 5.75. The van der Waals surface area contributed by atoms with E-state index in [1.54, 1.807) is 6.07 Å². The molecule has 0 unspecified atom stereocenters.